The molecule has 1 aliphatic heterocycles. The van der Waals surface area contributed by atoms with E-state index in [1.165, 1.54) is 68.9 Å². The summed E-state index contributed by atoms with van der Waals surface area (Å²) in [7, 11) is 0. The highest BCUT2D eigenvalue weighted by molar-refractivity contribution is 7.98. The average Bonchev–Trinajstić information content (AvgIpc) is 2.65. The normalized spacial score (nSPS) is 16.5. The largest absolute Gasteiger partial charge is 0.381 e. The van der Waals surface area contributed by atoms with E-state index in [2.05, 4.69) is 54.2 Å². The van der Waals surface area contributed by atoms with Crippen LogP contribution in [0.15, 0.2) is 29.2 Å². The van der Waals surface area contributed by atoms with Crippen LogP contribution in [-0.2, 0) is 11.3 Å². The number of hydrogen-bond donors (Lipinski definition) is 0. The van der Waals surface area contributed by atoms with Crippen molar-refractivity contribution in [2.75, 3.05) is 52.2 Å². The van der Waals surface area contributed by atoms with Crippen LogP contribution >= 0.6 is 11.8 Å². The van der Waals surface area contributed by atoms with Crippen molar-refractivity contribution in [1.29, 1.82) is 0 Å². The van der Waals surface area contributed by atoms with Gasteiger partial charge in [0.1, 0.15) is 0 Å². The van der Waals surface area contributed by atoms with Crippen LogP contribution in [0.2, 0.25) is 0 Å². The maximum absolute atomic E-state index is 5.75. The van der Waals surface area contributed by atoms with Gasteiger partial charge in [0.15, 0.2) is 0 Å². The Labute approximate surface area is 165 Å². The fourth-order valence-electron chi connectivity index (χ4n) is 3.40. The molecule has 0 amide bonds. The summed E-state index contributed by atoms with van der Waals surface area (Å²) in [6.07, 6.45) is 7.09. The molecule has 3 nitrogen and oxygen atoms in total. The second-order valence-electron chi connectivity index (χ2n) is 7.82. The van der Waals surface area contributed by atoms with Crippen molar-refractivity contribution in [3.05, 3.63) is 29.8 Å². The van der Waals surface area contributed by atoms with Crippen LogP contribution in [0.25, 0.3) is 0 Å². The number of rotatable bonds is 12. The summed E-state index contributed by atoms with van der Waals surface area (Å²) < 4.78 is 5.75. The predicted molar refractivity (Wildman–Crippen MR) is 114 cm³/mol. The molecule has 1 aliphatic rings. The van der Waals surface area contributed by atoms with Crippen molar-refractivity contribution in [2.45, 2.75) is 51.0 Å². The first-order valence-corrected chi connectivity index (χ1v) is 11.5. The van der Waals surface area contributed by atoms with Crippen molar-refractivity contribution in [2.24, 2.45) is 5.92 Å². The molecule has 0 unspecified atom stereocenters. The first-order chi connectivity index (χ1) is 12.7. The summed E-state index contributed by atoms with van der Waals surface area (Å²) in [4.78, 5) is 6.55. The maximum Gasteiger partial charge on any atom is 0.0466 e. The Morgan fingerprint density at radius 3 is 2.23 bits per heavy atom. The van der Waals surface area contributed by atoms with Gasteiger partial charge in [-0.2, -0.15) is 0 Å². The Kier molecular flexibility index (Phi) is 10.7. The third kappa shape index (κ3) is 8.90. The van der Waals surface area contributed by atoms with Crippen LogP contribution in [0.3, 0.4) is 0 Å². The third-order valence-electron chi connectivity index (χ3n) is 5.11. The van der Waals surface area contributed by atoms with Gasteiger partial charge < -0.3 is 9.64 Å². The standard InChI is InChI=1S/C22H38N2OS/c1-20(2)7-6-18-25-17-5-4-12-23-13-15-24(16-14-23)19-21-8-10-22(26-3)11-9-21/h8-11,20H,4-7,12-19H2,1-3H3. The van der Waals surface area contributed by atoms with Gasteiger partial charge in [0.2, 0.25) is 0 Å². The van der Waals surface area contributed by atoms with E-state index in [1.54, 1.807) is 0 Å². The lowest BCUT2D eigenvalue weighted by molar-refractivity contribution is 0.107. The zero-order valence-corrected chi connectivity index (χ0v) is 17.9. The topological polar surface area (TPSA) is 15.7 Å². The molecule has 1 aromatic rings. The molecule has 148 valence electrons. The van der Waals surface area contributed by atoms with Crippen LogP contribution in [0.1, 0.15) is 45.1 Å². The molecule has 0 radical (unpaired) electrons. The minimum Gasteiger partial charge on any atom is -0.381 e. The Morgan fingerprint density at radius 1 is 0.923 bits per heavy atom. The highest BCUT2D eigenvalue weighted by Gasteiger charge is 2.16. The van der Waals surface area contributed by atoms with Crippen LogP contribution in [0, 0.1) is 5.92 Å². The molecule has 0 spiro atoms. The monoisotopic (exact) mass is 378 g/mol. The van der Waals surface area contributed by atoms with Gasteiger partial charge in [-0.3, -0.25) is 4.90 Å². The lowest BCUT2D eigenvalue weighted by Gasteiger charge is -2.34. The third-order valence-corrected chi connectivity index (χ3v) is 5.86. The van der Waals surface area contributed by atoms with Gasteiger partial charge in [-0.25, -0.2) is 0 Å². The van der Waals surface area contributed by atoms with E-state index in [9.17, 15) is 0 Å². The SMILES string of the molecule is CSc1ccc(CN2CCN(CCCCOCCCC(C)C)CC2)cc1. The molecule has 2 rings (SSSR count). The fourth-order valence-corrected chi connectivity index (χ4v) is 3.80. The molecule has 26 heavy (non-hydrogen) atoms. The summed E-state index contributed by atoms with van der Waals surface area (Å²) in [6, 6.07) is 9.03. The van der Waals surface area contributed by atoms with E-state index < -0.39 is 0 Å². The Bertz CT molecular complexity index is 470. The van der Waals surface area contributed by atoms with Gasteiger partial charge in [0.05, 0.1) is 0 Å². The number of thioether (sulfide) groups is 1. The molecule has 1 fully saturated rings. The lowest BCUT2D eigenvalue weighted by Crippen LogP contribution is -2.46. The van der Waals surface area contributed by atoms with Gasteiger partial charge in [-0.1, -0.05) is 26.0 Å². The van der Waals surface area contributed by atoms with Gasteiger partial charge in [-0.05, 0) is 62.1 Å². The number of benzene rings is 1. The Balaban J connectivity index is 1.49. The van der Waals surface area contributed by atoms with Crippen molar-refractivity contribution < 1.29 is 4.74 Å². The number of unbranched alkanes of at least 4 members (excludes halogenated alkanes) is 1. The first-order valence-electron chi connectivity index (χ1n) is 10.3. The van der Waals surface area contributed by atoms with Crippen molar-refractivity contribution in [3.63, 3.8) is 0 Å². The number of piperazine rings is 1. The fraction of sp³-hybridized carbons (Fsp3) is 0.727. The van der Waals surface area contributed by atoms with Crippen LogP contribution in [-0.4, -0.2) is 62.0 Å². The molecule has 4 heteroatoms. The molecule has 0 aromatic heterocycles. The molecule has 0 aliphatic carbocycles. The van der Waals surface area contributed by atoms with E-state index in [1.807, 2.05) is 11.8 Å². The van der Waals surface area contributed by atoms with E-state index in [0.29, 0.717) is 0 Å². The summed E-state index contributed by atoms with van der Waals surface area (Å²) >= 11 is 1.81. The molecular weight excluding hydrogens is 340 g/mol. The molecule has 0 saturated carbocycles. The van der Waals surface area contributed by atoms with Crippen molar-refractivity contribution in [3.8, 4) is 0 Å². The summed E-state index contributed by atoms with van der Waals surface area (Å²) in [5, 5.41) is 0. The lowest BCUT2D eigenvalue weighted by atomic mass is 10.1. The zero-order chi connectivity index (χ0) is 18.6. The maximum atomic E-state index is 5.75. The molecule has 1 aromatic carbocycles. The van der Waals surface area contributed by atoms with E-state index >= 15 is 0 Å². The second-order valence-corrected chi connectivity index (χ2v) is 8.70. The predicted octanol–water partition coefficient (Wildman–Crippen LogP) is 4.76. The van der Waals surface area contributed by atoms with Gasteiger partial charge in [-0.15, -0.1) is 11.8 Å². The highest BCUT2D eigenvalue weighted by Crippen LogP contribution is 2.16. The smallest absolute Gasteiger partial charge is 0.0466 e. The number of hydrogen-bond acceptors (Lipinski definition) is 4. The molecular formula is C22H38N2OS. The summed E-state index contributed by atoms with van der Waals surface area (Å²) in [6.45, 7) is 13.5. The number of nitrogens with zero attached hydrogens (tertiary/aromatic N) is 2. The molecule has 1 heterocycles. The second kappa shape index (κ2) is 12.8. The van der Waals surface area contributed by atoms with E-state index in [-0.39, 0.29) is 0 Å². The average molecular weight is 379 g/mol. The zero-order valence-electron chi connectivity index (χ0n) is 17.1. The van der Waals surface area contributed by atoms with Crippen molar-refractivity contribution in [1.82, 2.24) is 9.80 Å². The minimum absolute atomic E-state index is 0.798. The highest BCUT2D eigenvalue weighted by atomic mass is 32.2. The first kappa shape index (κ1) is 21.7. The van der Waals surface area contributed by atoms with Crippen molar-refractivity contribution >= 4 is 11.8 Å². The van der Waals surface area contributed by atoms with Gasteiger partial charge in [0, 0.05) is 50.8 Å². The Hall–Kier alpha value is -0.550. The summed E-state index contributed by atoms with van der Waals surface area (Å²) in [5.74, 6) is 0.798. The molecule has 0 bridgehead atoms. The minimum atomic E-state index is 0.798. The quantitative estimate of drug-likeness (QED) is 0.385. The molecule has 0 N–H and O–H groups in total. The Morgan fingerprint density at radius 2 is 1.58 bits per heavy atom. The van der Waals surface area contributed by atoms with Crippen LogP contribution in [0.5, 0.6) is 0 Å². The van der Waals surface area contributed by atoms with E-state index in [4.69, 9.17) is 4.74 Å². The molecule has 0 atom stereocenters. The van der Waals surface area contributed by atoms with Crippen LogP contribution in [0.4, 0.5) is 0 Å². The molecule has 1 saturated heterocycles. The van der Waals surface area contributed by atoms with Gasteiger partial charge >= 0.3 is 0 Å². The number of ether oxygens (including phenoxy) is 1. The van der Waals surface area contributed by atoms with E-state index in [0.717, 1.165) is 25.7 Å². The van der Waals surface area contributed by atoms with Gasteiger partial charge in [0.25, 0.3) is 0 Å². The summed E-state index contributed by atoms with van der Waals surface area (Å²) in [5.41, 5.74) is 1.44. The van der Waals surface area contributed by atoms with Crippen LogP contribution < -0.4 is 0 Å².